The number of carboxylic acids is 1. The van der Waals surface area contributed by atoms with E-state index in [1.807, 2.05) is 24.3 Å². The molecule has 0 aliphatic carbocycles. The fraction of sp³-hybridized carbons (Fsp3) is 0.846. The van der Waals surface area contributed by atoms with Crippen LogP contribution < -0.4 is 11.1 Å². The Kier molecular flexibility index (Phi) is 34.2. The number of allylic oxidation sites excluding steroid dienone is 2. The van der Waals surface area contributed by atoms with Gasteiger partial charge in [0.25, 0.3) is 0 Å². The molecule has 13 N–H and O–H groups in total. The van der Waals surface area contributed by atoms with E-state index in [-0.39, 0.29) is 72.0 Å². The van der Waals surface area contributed by atoms with E-state index in [1.165, 1.54) is 30.8 Å². The van der Waals surface area contributed by atoms with Crippen LogP contribution in [-0.2, 0) is 47.8 Å². The lowest BCUT2D eigenvalue weighted by molar-refractivity contribution is -0.275. The van der Waals surface area contributed by atoms with Gasteiger partial charge in [-0.15, -0.1) is 12.4 Å². The molecule has 4 fully saturated rings. The first-order chi connectivity index (χ1) is 37.0. The Morgan fingerprint density at radius 1 is 0.744 bits per heavy atom. The third-order valence-corrected chi connectivity index (χ3v) is 13.5. The average molecular weight is 1210 g/mol. The van der Waals surface area contributed by atoms with Crippen molar-refractivity contribution in [3.8, 4) is 0 Å². The van der Waals surface area contributed by atoms with Gasteiger partial charge in [0.05, 0.1) is 82.2 Å². The van der Waals surface area contributed by atoms with Crippen molar-refractivity contribution in [1.29, 1.82) is 0 Å². The molecular weight excluding hydrogens is 1110 g/mol. The number of aliphatic carboxylic acids is 1. The highest BCUT2D eigenvalue weighted by molar-refractivity contribution is 5.87. The lowest BCUT2D eigenvalue weighted by atomic mass is 9.89. The van der Waals surface area contributed by atoms with Crippen molar-refractivity contribution in [2.45, 2.75) is 217 Å². The molecule has 6 heterocycles. The molecule has 0 aromatic heterocycles. The first-order valence-corrected chi connectivity index (χ1v) is 26.3. The van der Waals surface area contributed by atoms with Gasteiger partial charge >= 0.3 is 18.2 Å². The van der Waals surface area contributed by atoms with Gasteiger partial charge in [0.15, 0.2) is 6.04 Å². The van der Waals surface area contributed by atoms with E-state index in [9.17, 15) is 65.1 Å². The highest BCUT2D eigenvalue weighted by Crippen LogP contribution is 2.35. The standard InChI is InChI=1S/C23H37N5O9.C14H21NO5.C10H21NO5.C3H8O3.2CH4.ClH/c1-11(29)14(20-18(32)17(31)16(30)13(36-20)9-25-27-24)26-21(33)15-19-12(7-5-6-8-35-19)10-28(15)22(34)37-23(2,3)4;1-14(2,3)20-13(18)15-8-9-6-4-5-7-19-11(9)10(15)12(16)17;1-3-5-7(13)8(14)9(15)10(16-5)6(11)4(2)12;1-5-6-3-2-4;;;/h5-6,11-20,29-32H,7-10H2,1-4H3,(H,26,33);4-5,9-11H,6-8H2,1-3H3,(H,16,17);4-10,12-15H,3,11H2,1-2H3;4H,2-3H2,1H3;2*1H4;1H/t11-,12+,13?,14-,15+,16+,17+,18?,19-,20-;9-,10-,11+;4-,5?,6-,7+,8+,9?,10-;;;;/m101..../s1. The van der Waals surface area contributed by atoms with Gasteiger partial charge in [-0.25, -0.2) is 24.2 Å². The second kappa shape index (κ2) is 36.0. The molecule has 4 saturated heterocycles. The average Bonchev–Trinajstić information content (AvgIpc) is 3.80. The number of carbonyl (C=O) groups is 4. The molecule has 30 heteroatoms. The molecule has 20 atom stereocenters. The Morgan fingerprint density at radius 3 is 1.60 bits per heavy atom. The maximum Gasteiger partial charge on any atom is 0.411 e. The monoisotopic (exact) mass is 1210 g/mol. The molecule has 29 nitrogen and oxygen atoms in total. The van der Waals surface area contributed by atoms with Gasteiger partial charge in [0.2, 0.25) is 5.91 Å². The minimum Gasteiger partial charge on any atom is -0.480 e. The third-order valence-electron chi connectivity index (χ3n) is 13.5. The van der Waals surface area contributed by atoms with Gasteiger partial charge in [0.1, 0.15) is 72.7 Å². The summed E-state index contributed by atoms with van der Waals surface area (Å²) >= 11 is 0. The van der Waals surface area contributed by atoms with Crippen molar-refractivity contribution in [1.82, 2.24) is 15.1 Å². The number of halogens is 1. The first-order valence-electron chi connectivity index (χ1n) is 26.3. The molecule has 0 bridgehead atoms. The van der Waals surface area contributed by atoms with E-state index in [2.05, 4.69) is 25.1 Å². The first kappa shape index (κ1) is 77.9. The zero-order valence-electron chi connectivity index (χ0n) is 47.0. The molecule has 0 aromatic carbocycles. The fourth-order valence-electron chi connectivity index (χ4n) is 9.58. The Hall–Kier alpha value is -4.08. The summed E-state index contributed by atoms with van der Waals surface area (Å²) in [5, 5.41) is 103. The third kappa shape index (κ3) is 22.1. The van der Waals surface area contributed by atoms with E-state index in [4.69, 9.17) is 44.8 Å². The van der Waals surface area contributed by atoms with Crippen LogP contribution in [-0.4, -0.2) is 259 Å². The second-order valence-electron chi connectivity index (χ2n) is 21.9. The fourth-order valence-corrected chi connectivity index (χ4v) is 9.58. The number of carbonyl (C=O) groups excluding carboxylic acids is 3. The lowest BCUT2D eigenvalue weighted by Gasteiger charge is -2.44. The summed E-state index contributed by atoms with van der Waals surface area (Å²) in [6, 6.07) is -4.14. The van der Waals surface area contributed by atoms with Crippen molar-refractivity contribution in [2.75, 3.05) is 53.2 Å². The van der Waals surface area contributed by atoms with Crippen molar-refractivity contribution >= 4 is 36.5 Å². The van der Waals surface area contributed by atoms with Crippen LogP contribution in [0.25, 0.3) is 10.4 Å². The maximum atomic E-state index is 13.7. The number of azide groups is 1. The Labute approximate surface area is 486 Å². The molecule has 3 amide bonds. The number of rotatable bonds is 13. The number of aliphatic hydroxyl groups is 9. The van der Waals surface area contributed by atoms with Crippen LogP contribution in [0.5, 0.6) is 0 Å². The number of hydrogen-bond acceptors (Lipinski definition) is 23. The topological polar surface area (TPSA) is 438 Å². The molecule has 0 aromatic rings. The predicted octanol–water partition coefficient (Wildman–Crippen LogP) is 0.450. The number of hydrogen-bond donors (Lipinski definition) is 12. The maximum absolute atomic E-state index is 13.7. The van der Waals surface area contributed by atoms with Crippen molar-refractivity contribution in [2.24, 2.45) is 22.7 Å². The van der Waals surface area contributed by atoms with Crippen molar-refractivity contribution in [3.63, 3.8) is 0 Å². The number of carboxylic acid groups (broad SMARTS) is 1. The summed E-state index contributed by atoms with van der Waals surface area (Å²) in [7, 11) is 1.40. The molecule has 6 aliphatic heterocycles. The van der Waals surface area contributed by atoms with Gasteiger partial charge in [0, 0.05) is 29.8 Å². The summed E-state index contributed by atoms with van der Waals surface area (Å²) in [5.41, 5.74) is 12.8. The van der Waals surface area contributed by atoms with Gasteiger partial charge < -0.3 is 90.5 Å². The molecule has 0 radical (unpaired) electrons. The Bertz CT molecular complexity index is 2020. The summed E-state index contributed by atoms with van der Waals surface area (Å²) in [4.78, 5) is 63.9. The van der Waals surface area contributed by atoms with Gasteiger partial charge in [-0.05, 0) is 80.2 Å². The van der Waals surface area contributed by atoms with Gasteiger partial charge in [-0.1, -0.05) is 51.2 Å². The molecule has 0 spiro atoms. The summed E-state index contributed by atoms with van der Waals surface area (Å²) < 4.78 is 33.4. The summed E-state index contributed by atoms with van der Waals surface area (Å²) in [6.45, 7) is 16.2. The van der Waals surface area contributed by atoms with E-state index in [0.717, 1.165) is 0 Å². The van der Waals surface area contributed by atoms with E-state index < -0.39 is 145 Å². The van der Waals surface area contributed by atoms with Crippen LogP contribution in [0.2, 0.25) is 0 Å². The lowest BCUT2D eigenvalue weighted by Crippen LogP contribution is -2.67. The number of nitrogens with zero attached hydrogens (tertiary/aromatic N) is 5. The SMILES string of the molecule is C.C.CC(C)(C)OC(=O)N1C[C@@H]2CC=CCO[C@H]2[C@H]1C(=O)O.CCC1O[C@H]([C@H](N)[C@@H](C)O)C(O)[C@@H](O)[C@H]1O.COOCCO.C[C@@H](O)[C@@H](NC(=O)[C@@H]1[C@@H]2OCC=CC[C@H]2CN1C(=O)OC(C)(C)C)[C@H]1OC(CN=[N+]=[N-])[C@H](O)[C@H](O)C1O.Cl. The van der Waals surface area contributed by atoms with Crippen molar-refractivity contribution < 1.29 is 108 Å². The molecular formula is C52H96ClN7O22. The predicted molar refractivity (Wildman–Crippen MR) is 297 cm³/mol. The van der Waals surface area contributed by atoms with Crippen LogP contribution >= 0.6 is 12.4 Å². The second-order valence-corrected chi connectivity index (χ2v) is 21.9. The van der Waals surface area contributed by atoms with Crippen molar-refractivity contribution in [3.05, 3.63) is 34.7 Å². The zero-order chi connectivity index (χ0) is 59.7. The number of likely N-dealkylation sites (tertiary alicyclic amines) is 2. The largest absolute Gasteiger partial charge is 0.480 e. The van der Waals surface area contributed by atoms with Gasteiger partial charge in [-0.3, -0.25) is 14.6 Å². The van der Waals surface area contributed by atoms with Crippen LogP contribution in [0.3, 0.4) is 0 Å². The smallest absolute Gasteiger partial charge is 0.411 e. The quantitative estimate of drug-likeness (QED) is 0.0226. The normalized spacial score (nSPS) is 32.5. The van der Waals surface area contributed by atoms with Crippen LogP contribution in [0.15, 0.2) is 29.4 Å². The number of nitrogens with one attached hydrogen (secondary N) is 1. The highest BCUT2D eigenvalue weighted by Gasteiger charge is 2.54. The minimum atomic E-state index is -1.69. The molecule has 0 saturated carbocycles. The van der Waals surface area contributed by atoms with Gasteiger partial charge in [-0.2, -0.15) is 0 Å². The molecule has 6 rings (SSSR count). The Morgan fingerprint density at radius 2 is 1.20 bits per heavy atom. The van der Waals surface area contributed by atoms with E-state index >= 15 is 0 Å². The molecule has 6 aliphatic rings. The van der Waals surface area contributed by atoms with E-state index in [0.29, 0.717) is 32.4 Å². The van der Waals surface area contributed by atoms with E-state index in [1.54, 1.807) is 48.5 Å². The number of amides is 3. The highest BCUT2D eigenvalue weighted by atomic mass is 35.5. The number of fused-ring (bicyclic) bond motifs is 2. The summed E-state index contributed by atoms with van der Waals surface area (Å²) in [5.74, 6) is -1.89. The number of aliphatic hydroxyl groups excluding tert-OH is 9. The summed E-state index contributed by atoms with van der Waals surface area (Å²) in [6.07, 6.45) is -7.80. The Balaban J connectivity index is 0.00000123. The molecule has 478 valence electrons. The minimum absolute atomic E-state index is 0. The number of nitrogens with two attached hydrogens (primary N) is 1. The molecule has 82 heavy (non-hydrogen) atoms. The number of ether oxygens (including phenoxy) is 6. The van der Waals surface area contributed by atoms with Crippen LogP contribution in [0, 0.1) is 11.8 Å². The van der Waals surface area contributed by atoms with Crippen LogP contribution in [0.1, 0.15) is 96.4 Å². The van der Waals surface area contributed by atoms with Crippen LogP contribution in [0.4, 0.5) is 9.59 Å². The zero-order valence-corrected chi connectivity index (χ0v) is 47.8. The molecule has 4 unspecified atom stereocenters.